The van der Waals surface area contributed by atoms with E-state index in [1.807, 2.05) is 6.92 Å². The van der Waals surface area contributed by atoms with Crippen LogP contribution in [0, 0.1) is 10.1 Å². The maximum absolute atomic E-state index is 11.4. The second-order valence-electron chi connectivity index (χ2n) is 3.55. The highest BCUT2D eigenvalue weighted by Crippen LogP contribution is 2.25. The minimum absolute atomic E-state index is 0.0143. The second kappa shape index (κ2) is 7.44. The monoisotopic (exact) mass is 251 g/mol. The van der Waals surface area contributed by atoms with Crippen LogP contribution in [-0.4, -0.2) is 22.5 Å². The molecule has 0 spiro atoms. The molecule has 0 aliphatic rings. The zero-order chi connectivity index (χ0) is 12.6. The molecule has 0 heterocycles. The van der Waals surface area contributed by atoms with Gasteiger partial charge >= 0.3 is 11.0 Å². The Labute approximate surface area is 100 Å². The van der Waals surface area contributed by atoms with Crippen molar-refractivity contribution < 1.29 is 14.5 Å². The first kappa shape index (κ1) is 15.2. The summed E-state index contributed by atoms with van der Waals surface area (Å²) >= 11 is 5.71. The predicted molar refractivity (Wildman–Crippen MR) is 61.0 cm³/mol. The molecule has 0 aromatic rings. The number of carbonyl (C=O) groups excluding carboxylic acids is 1. The van der Waals surface area contributed by atoms with Crippen molar-refractivity contribution in [3.8, 4) is 0 Å². The second-order valence-corrected chi connectivity index (χ2v) is 4.17. The Balaban J connectivity index is 4.34. The average Bonchev–Trinajstić information content (AvgIpc) is 2.24. The largest absolute Gasteiger partial charge is 0.460 e. The highest BCUT2D eigenvalue weighted by atomic mass is 35.5. The van der Waals surface area contributed by atoms with Crippen molar-refractivity contribution in [3.63, 3.8) is 0 Å². The first-order valence-corrected chi connectivity index (χ1v) is 5.87. The highest BCUT2D eigenvalue weighted by Gasteiger charge is 2.50. The first-order chi connectivity index (χ1) is 7.49. The Kier molecular flexibility index (Phi) is 7.05. The molecule has 0 rings (SSSR count). The molecule has 0 aliphatic heterocycles. The lowest BCUT2D eigenvalue weighted by Gasteiger charge is -2.16. The minimum Gasteiger partial charge on any atom is -0.460 e. The molecular formula is C10H18ClNO4. The van der Waals surface area contributed by atoms with Crippen LogP contribution in [0.3, 0.4) is 0 Å². The lowest BCUT2D eigenvalue weighted by molar-refractivity contribution is -0.530. The number of nitro groups is 1. The summed E-state index contributed by atoms with van der Waals surface area (Å²) < 4.78 is 4.61. The average molecular weight is 252 g/mol. The number of esters is 1. The summed E-state index contributed by atoms with van der Waals surface area (Å²) in [7, 11) is 0. The summed E-state index contributed by atoms with van der Waals surface area (Å²) in [4.78, 5) is 19.3. The summed E-state index contributed by atoms with van der Waals surface area (Å²) in [5.41, 5.74) is 0. The molecule has 0 bridgehead atoms. The summed E-state index contributed by atoms with van der Waals surface area (Å²) in [5, 5.41) is 10.8. The van der Waals surface area contributed by atoms with E-state index in [0.717, 1.165) is 19.3 Å². The van der Waals surface area contributed by atoms with E-state index >= 15 is 0 Å². The lowest BCUT2D eigenvalue weighted by Crippen LogP contribution is -2.42. The summed E-state index contributed by atoms with van der Waals surface area (Å²) in [6, 6.07) is 0. The molecule has 5 nitrogen and oxygen atoms in total. The Morgan fingerprint density at radius 3 is 2.44 bits per heavy atom. The molecule has 1 unspecified atom stereocenters. The van der Waals surface area contributed by atoms with Crippen LogP contribution in [0.25, 0.3) is 0 Å². The predicted octanol–water partition coefficient (Wildman–Crippen LogP) is 2.73. The van der Waals surface area contributed by atoms with Crippen molar-refractivity contribution in [2.45, 2.75) is 50.9 Å². The molecule has 0 saturated heterocycles. The number of halogens is 1. The Hall–Kier alpha value is -0.840. The SMILES string of the molecule is CCCCCCC(Cl)(C(=O)OCC)[N+](=O)[O-]. The van der Waals surface area contributed by atoms with Crippen LogP contribution in [0.1, 0.15) is 46.0 Å². The summed E-state index contributed by atoms with van der Waals surface area (Å²) in [6.45, 7) is 3.72. The highest BCUT2D eigenvalue weighted by molar-refractivity contribution is 6.32. The fourth-order valence-electron chi connectivity index (χ4n) is 1.30. The van der Waals surface area contributed by atoms with Gasteiger partial charge in [-0.25, -0.2) is 4.79 Å². The smallest absolute Gasteiger partial charge is 0.401 e. The summed E-state index contributed by atoms with van der Waals surface area (Å²) in [6.07, 6.45) is 3.40. The van der Waals surface area contributed by atoms with E-state index in [1.54, 1.807) is 6.92 Å². The van der Waals surface area contributed by atoms with E-state index in [-0.39, 0.29) is 13.0 Å². The van der Waals surface area contributed by atoms with Crippen LogP contribution in [0.15, 0.2) is 0 Å². The fourth-order valence-corrected chi connectivity index (χ4v) is 1.48. The third-order valence-corrected chi connectivity index (χ3v) is 2.72. The van der Waals surface area contributed by atoms with E-state index in [2.05, 4.69) is 4.74 Å². The maximum Gasteiger partial charge on any atom is 0.401 e. The van der Waals surface area contributed by atoms with Crippen molar-refractivity contribution in [1.82, 2.24) is 0 Å². The van der Waals surface area contributed by atoms with Gasteiger partial charge in [0.05, 0.1) is 11.5 Å². The number of alkyl halides is 1. The quantitative estimate of drug-likeness (QED) is 0.166. The molecule has 16 heavy (non-hydrogen) atoms. The Morgan fingerprint density at radius 1 is 1.38 bits per heavy atom. The van der Waals surface area contributed by atoms with Crippen molar-refractivity contribution >= 4 is 17.6 Å². The van der Waals surface area contributed by atoms with Crippen molar-refractivity contribution in [2.75, 3.05) is 6.61 Å². The van der Waals surface area contributed by atoms with Crippen LogP contribution < -0.4 is 0 Å². The van der Waals surface area contributed by atoms with Gasteiger partial charge in [0.15, 0.2) is 0 Å². The zero-order valence-electron chi connectivity index (χ0n) is 9.70. The molecular weight excluding hydrogens is 234 g/mol. The molecule has 0 N–H and O–H groups in total. The zero-order valence-corrected chi connectivity index (χ0v) is 10.5. The van der Waals surface area contributed by atoms with Crippen molar-refractivity contribution in [3.05, 3.63) is 10.1 Å². The number of hydrogen-bond donors (Lipinski definition) is 0. The molecule has 94 valence electrons. The number of rotatable bonds is 8. The molecule has 0 saturated carbocycles. The van der Waals surface area contributed by atoms with Crippen molar-refractivity contribution in [2.24, 2.45) is 0 Å². The number of ether oxygens (including phenoxy) is 1. The molecule has 0 aromatic carbocycles. The Morgan fingerprint density at radius 2 is 2.00 bits per heavy atom. The lowest BCUT2D eigenvalue weighted by atomic mass is 10.1. The fraction of sp³-hybridized carbons (Fsp3) is 0.900. The van der Waals surface area contributed by atoms with Gasteiger partial charge in [-0.1, -0.05) is 26.2 Å². The maximum atomic E-state index is 11.4. The standard InChI is InChI=1S/C10H18ClNO4/c1-3-5-6-7-8-10(11,12(14)15)9(13)16-4-2/h3-8H2,1-2H3. The molecule has 0 aromatic heterocycles. The van der Waals surface area contributed by atoms with Crippen LogP contribution >= 0.6 is 11.6 Å². The number of unbranched alkanes of at least 4 members (excludes halogenated alkanes) is 3. The molecule has 0 amide bonds. The normalized spacial score (nSPS) is 14.2. The van der Waals surface area contributed by atoms with Crippen LogP contribution in [0.2, 0.25) is 0 Å². The molecule has 1 atom stereocenters. The minimum atomic E-state index is -2.11. The molecule has 0 radical (unpaired) electrons. The van der Waals surface area contributed by atoms with E-state index in [4.69, 9.17) is 11.6 Å². The number of nitrogens with zero attached hydrogens (tertiary/aromatic N) is 1. The van der Waals surface area contributed by atoms with Gasteiger partial charge in [-0.05, 0) is 24.9 Å². The van der Waals surface area contributed by atoms with Gasteiger partial charge in [-0.3, -0.25) is 10.1 Å². The van der Waals surface area contributed by atoms with Gasteiger partial charge in [-0.2, -0.15) is 0 Å². The Bertz CT molecular complexity index is 247. The molecule has 0 fully saturated rings. The molecule has 0 aliphatic carbocycles. The van der Waals surface area contributed by atoms with Gasteiger partial charge in [0.1, 0.15) is 0 Å². The molecule has 6 heteroatoms. The van der Waals surface area contributed by atoms with Gasteiger partial charge in [0.2, 0.25) is 0 Å². The van der Waals surface area contributed by atoms with Crippen molar-refractivity contribution in [1.29, 1.82) is 0 Å². The third-order valence-electron chi connectivity index (χ3n) is 2.24. The van der Waals surface area contributed by atoms with E-state index in [0.29, 0.717) is 6.42 Å². The first-order valence-electron chi connectivity index (χ1n) is 5.49. The van der Waals surface area contributed by atoms with E-state index in [9.17, 15) is 14.9 Å². The van der Waals surface area contributed by atoms with Gasteiger partial charge in [-0.15, -0.1) is 0 Å². The van der Waals surface area contributed by atoms with Gasteiger partial charge < -0.3 is 4.74 Å². The number of carbonyl (C=O) groups is 1. The van der Waals surface area contributed by atoms with Crippen LogP contribution in [-0.2, 0) is 9.53 Å². The topological polar surface area (TPSA) is 69.4 Å². The van der Waals surface area contributed by atoms with Gasteiger partial charge in [0, 0.05) is 6.42 Å². The number of hydrogen-bond acceptors (Lipinski definition) is 4. The third kappa shape index (κ3) is 4.35. The van der Waals surface area contributed by atoms with Crippen LogP contribution in [0.4, 0.5) is 0 Å². The van der Waals surface area contributed by atoms with E-state index in [1.165, 1.54) is 0 Å². The van der Waals surface area contributed by atoms with E-state index < -0.39 is 15.9 Å². The summed E-state index contributed by atoms with van der Waals surface area (Å²) in [5.74, 6) is -0.960. The van der Waals surface area contributed by atoms with Crippen LogP contribution in [0.5, 0.6) is 0 Å². The van der Waals surface area contributed by atoms with Gasteiger partial charge in [0.25, 0.3) is 0 Å².